The van der Waals surface area contributed by atoms with E-state index in [4.69, 9.17) is 4.74 Å². The predicted molar refractivity (Wildman–Crippen MR) is 123 cm³/mol. The number of aliphatic hydroxyl groups is 1. The highest BCUT2D eigenvalue weighted by Crippen LogP contribution is 2.43. The molecule has 4 N–H and O–H groups in total. The molecule has 1 saturated heterocycles. The number of rotatable bonds is 6. The summed E-state index contributed by atoms with van der Waals surface area (Å²) in [5, 5.41) is 20.3. The molecule has 1 aromatic rings. The van der Waals surface area contributed by atoms with E-state index in [0.717, 1.165) is 12.8 Å². The number of carbonyl (C=O) groups excluding carboxylic acids is 2. The molecule has 0 radical (unpaired) electrons. The summed E-state index contributed by atoms with van der Waals surface area (Å²) >= 11 is 0. The Hall–Kier alpha value is -2.97. The van der Waals surface area contributed by atoms with Crippen LogP contribution in [0.2, 0.25) is 0 Å². The fourth-order valence-corrected chi connectivity index (χ4v) is 4.53. The maximum Gasteiger partial charge on any atom is 0.254 e. The number of fused-ring (bicyclic) bond motifs is 2. The Morgan fingerprint density at radius 2 is 2.03 bits per heavy atom. The van der Waals surface area contributed by atoms with Crippen molar-refractivity contribution in [2.24, 2.45) is 0 Å². The highest BCUT2D eigenvalue weighted by Gasteiger charge is 2.58. The second-order valence-corrected chi connectivity index (χ2v) is 9.37. The van der Waals surface area contributed by atoms with Gasteiger partial charge in [-0.1, -0.05) is 31.1 Å². The SMILES string of the molecule is CCC/C(C)=C\C=C(/C)[C@@]1(O)NC2=C(Nc3ccc(F)c4c3C(=O)NC4)C(=O)C2OC1(C)C. The van der Waals surface area contributed by atoms with Gasteiger partial charge in [0, 0.05) is 12.1 Å². The molecule has 1 aliphatic carbocycles. The van der Waals surface area contributed by atoms with E-state index in [-0.39, 0.29) is 29.2 Å². The van der Waals surface area contributed by atoms with E-state index < -0.39 is 29.2 Å². The average molecular weight is 456 g/mol. The molecule has 1 aromatic carbocycles. The third-order valence-corrected chi connectivity index (χ3v) is 6.62. The summed E-state index contributed by atoms with van der Waals surface area (Å²) in [5.74, 6) is -1.18. The predicted octanol–water partition coefficient (Wildman–Crippen LogP) is 3.42. The number of benzene rings is 1. The number of allylic oxidation sites excluding steroid dienone is 3. The van der Waals surface area contributed by atoms with Gasteiger partial charge in [0.25, 0.3) is 5.91 Å². The standard InChI is InChI=1S/C25H30FN3O4/c1-6-7-13(2)8-9-14(3)25(32)24(4,5)33-22-20(29-25)19(21(22)30)28-17-11-10-16(26)15-12-27-23(31)18(15)17/h8-11,22,28-29,32H,6-7,12H2,1-5H3,(H,27,31)/b13-8-,14-9+/t22?,25-/m0/s1. The Kier molecular flexibility index (Phi) is 5.70. The van der Waals surface area contributed by atoms with Crippen molar-refractivity contribution in [3.63, 3.8) is 0 Å². The summed E-state index contributed by atoms with van der Waals surface area (Å²) in [6, 6.07) is 2.69. The van der Waals surface area contributed by atoms with Crippen molar-refractivity contribution in [3.05, 3.63) is 63.8 Å². The lowest BCUT2D eigenvalue weighted by molar-refractivity contribution is -0.207. The van der Waals surface area contributed by atoms with Crippen LogP contribution in [0.15, 0.2) is 46.8 Å². The molecule has 0 aromatic heterocycles. The van der Waals surface area contributed by atoms with E-state index in [1.165, 1.54) is 17.7 Å². The molecule has 2 heterocycles. The fraction of sp³-hybridized carbons (Fsp3) is 0.440. The third kappa shape index (κ3) is 3.67. The van der Waals surface area contributed by atoms with Crippen LogP contribution in [0, 0.1) is 5.82 Å². The summed E-state index contributed by atoms with van der Waals surface area (Å²) in [5.41, 5.74) is 0.525. The molecule has 1 amide bonds. The van der Waals surface area contributed by atoms with Gasteiger partial charge in [0.15, 0.2) is 11.8 Å². The van der Waals surface area contributed by atoms with Gasteiger partial charge >= 0.3 is 0 Å². The van der Waals surface area contributed by atoms with Crippen LogP contribution in [0.25, 0.3) is 0 Å². The van der Waals surface area contributed by atoms with Crippen molar-refractivity contribution >= 4 is 17.4 Å². The van der Waals surface area contributed by atoms with Gasteiger partial charge in [-0.15, -0.1) is 0 Å². The lowest BCUT2D eigenvalue weighted by atomic mass is 9.80. The number of amides is 1. The largest absolute Gasteiger partial charge is 0.365 e. The third-order valence-electron chi connectivity index (χ3n) is 6.62. The first kappa shape index (κ1) is 23.2. The molecule has 7 nitrogen and oxygen atoms in total. The first-order chi connectivity index (χ1) is 15.5. The topological polar surface area (TPSA) is 99.7 Å². The molecule has 2 atom stereocenters. The number of hydrogen-bond donors (Lipinski definition) is 4. The molecule has 33 heavy (non-hydrogen) atoms. The summed E-state index contributed by atoms with van der Waals surface area (Å²) in [6.07, 6.45) is 4.97. The number of halogens is 1. The van der Waals surface area contributed by atoms with Crippen LogP contribution in [0.4, 0.5) is 10.1 Å². The van der Waals surface area contributed by atoms with E-state index in [0.29, 0.717) is 17.0 Å². The first-order valence-electron chi connectivity index (χ1n) is 11.2. The number of morpholine rings is 1. The molecule has 8 heteroatoms. The lowest BCUT2D eigenvalue weighted by Gasteiger charge is -2.53. The minimum atomic E-state index is -1.57. The second kappa shape index (κ2) is 8.11. The van der Waals surface area contributed by atoms with Gasteiger partial charge in [-0.2, -0.15) is 0 Å². The minimum absolute atomic E-state index is 0.0995. The zero-order chi connectivity index (χ0) is 24.1. The minimum Gasteiger partial charge on any atom is -0.365 e. The molecule has 2 aliphatic heterocycles. The van der Waals surface area contributed by atoms with Crippen molar-refractivity contribution in [3.8, 4) is 0 Å². The van der Waals surface area contributed by atoms with Crippen molar-refractivity contribution in [2.45, 2.75) is 71.4 Å². The average Bonchev–Trinajstić information content (AvgIpc) is 3.16. The summed E-state index contributed by atoms with van der Waals surface area (Å²) in [4.78, 5) is 25.1. The number of ether oxygens (including phenoxy) is 1. The number of hydrogen-bond acceptors (Lipinski definition) is 6. The number of Topliss-reactive ketones (excluding diaryl/α,β-unsaturated/α-hetero) is 1. The van der Waals surface area contributed by atoms with Gasteiger partial charge in [0.1, 0.15) is 17.1 Å². The van der Waals surface area contributed by atoms with Crippen LogP contribution in [-0.4, -0.2) is 34.2 Å². The van der Waals surface area contributed by atoms with Gasteiger partial charge in [0.2, 0.25) is 5.78 Å². The highest BCUT2D eigenvalue weighted by atomic mass is 19.1. The van der Waals surface area contributed by atoms with Crippen LogP contribution in [0.1, 0.15) is 63.4 Å². The Balaban J connectivity index is 1.68. The van der Waals surface area contributed by atoms with Crippen LogP contribution in [0.5, 0.6) is 0 Å². The Morgan fingerprint density at radius 1 is 1.30 bits per heavy atom. The molecule has 4 rings (SSSR count). The van der Waals surface area contributed by atoms with Gasteiger partial charge < -0.3 is 25.8 Å². The summed E-state index contributed by atoms with van der Waals surface area (Å²) in [7, 11) is 0. The van der Waals surface area contributed by atoms with E-state index in [1.54, 1.807) is 20.8 Å². The van der Waals surface area contributed by atoms with Crippen LogP contribution in [0.3, 0.4) is 0 Å². The quantitative estimate of drug-likeness (QED) is 0.491. The van der Waals surface area contributed by atoms with E-state index in [2.05, 4.69) is 22.9 Å². The fourth-order valence-electron chi connectivity index (χ4n) is 4.53. The molecule has 1 unspecified atom stereocenters. The number of ketones is 1. The van der Waals surface area contributed by atoms with Crippen LogP contribution in [-0.2, 0) is 16.1 Å². The Bertz CT molecular complexity index is 1130. The van der Waals surface area contributed by atoms with Gasteiger partial charge in [-0.3, -0.25) is 9.59 Å². The second-order valence-electron chi connectivity index (χ2n) is 9.37. The van der Waals surface area contributed by atoms with Crippen molar-refractivity contribution in [1.29, 1.82) is 0 Å². The number of carbonyl (C=O) groups is 2. The molecule has 1 fully saturated rings. The van der Waals surface area contributed by atoms with Crippen LogP contribution >= 0.6 is 0 Å². The van der Waals surface area contributed by atoms with E-state index >= 15 is 0 Å². The molecule has 0 bridgehead atoms. The van der Waals surface area contributed by atoms with E-state index in [9.17, 15) is 19.1 Å². The maximum absolute atomic E-state index is 14.1. The normalized spacial score (nSPS) is 26.3. The zero-order valence-corrected chi connectivity index (χ0v) is 19.6. The molecule has 0 spiro atoms. The van der Waals surface area contributed by atoms with Gasteiger partial charge in [-0.05, 0) is 51.8 Å². The highest BCUT2D eigenvalue weighted by molar-refractivity contribution is 6.12. The molecule has 176 valence electrons. The zero-order valence-electron chi connectivity index (χ0n) is 19.6. The number of anilines is 1. The maximum atomic E-state index is 14.1. The van der Waals surface area contributed by atoms with Crippen molar-refractivity contribution in [2.75, 3.05) is 5.32 Å². The molecular weight excluding hydrogens is 425 g/mol. The van der Waals surface area contributed by atoms with Gasteiger partial charge in [-0.25, -0.2) is 4.39 Å². The van der Waals surface area contributed by atoms with Crippen molar-refractivity contribution < 1.29 is 23.8 Å². The first-order valence-corrected chi connectivity index (χ1v) is 11.2. The summed E-state index contributed by atoms with van der Waals surface area (Å²) in [6.45, 7) is 9.51. The lowest BCUT2D eigenvalue weighted by Crippen LogP contribution is -2.71. The smallest absolute Gasteiger partial charge is 0.254 e. The van der Waals surface area contributed by atoms with Crippen molar-refractivity contribution in [1.82, 2.24) is 10.6 Å². The van der Waals surface area contributed by atoms with E-state index in [1.807, 2.05) is 19.1 Å². The molecular formula is C25H30FN3O4. The molecule has 3 aliphatic rings. The van der Waals surface area contributed by atoms with Gasteiger partial charge in [0.05, 0.1) is 16.9 Å². The Labute approximate surface area is 192 Å². The summed E-state index contributed by atoms with van der Waals surface area (Å²) < 4.78 is 20.1. The molecule has 0 saturated carbocycles. The number of nitrogens with one attached hydrogen (secondary N) is 3. The van der Waals surface area contributed by atoms with Crippen LogP contribution < -0.4 is 16.0 Å². The Morgan fingerprint density at radius 3 is 2.73 bits per heavy atom. The monoisotopic (exact) mass is 455 g/mol.